The second-order valence-electron chi connectivity index (χ2n) is 6.61. The lowest BCUT2D eigenvalue weighted by atomic mass is 10.2. The summed E-state index contributed by atoms with van der Waals surface area (Å²) in [7, 11) is 0. The van der Waals surface area contributed by atoms with E-state index >= 15 is 0 Å². The Kier molecular flexibility index (Phi) is 4.44. The van der Waals surface area contributed by atoms with Crippen molar-refractivity contribution in [2.45, 2.75) is 49.6 Å². The van der Waals surface area contributed by atoms with Crippen LogP contribution < -0.4 is 10.2 Å². The van der Waals surface area contributed by atoms with Gasteiger partial charge in [-0.25, -0.2) is 0 Å². The highest BCUT2D eigenvalue weighted by Crippen LogP contribution is 2.40. The number of hydrogen-bond acceptors (Lipinski definition) is 5. The van der Waals surface area contributed by atoms with Crippen molar-refractivity contribution < 1.29 is 9.59 Å². The fourth-order valence-electron chi connectivity index (χ4n) is 3.19. The molecule has 0 spiro atoms. The van der Waals surface area contributed by atoms with Gasteiger partial charge < -0.3 is 9.88 Å². The van der Waals surface area contributed by atoms with E-state index in [2.05, 4.69) is 27.0 Å². The number of thioether (sulfide) groups is 1. The van der Waals surface area contributed by atoms with Crippen LogP contribution in [-0.2, 0) is 16.1 Å². The van der Waals surface area contributed by atoms with Crippen molar-refractivity contribution in [3.8, 4) is 0 Å². The molecule has 1 saturated carbocycles. The zero-order valence-corrected chi connectivity index (χ0v) is 15.6. The van der Waals surface area contributed by atoms with Crippen LogP contribution in [0.15, 0.2) is 29.4 Å². The van der Waals surface area contributed by atoms with Crippen molar-refractivity contribution in [1.82, 2.24) is 14.8 Å². The van der Waals surface area contributed by atoms with E-state index in [-0.39, 0.29) is 23.6 Å². The minimum atomic E-state index is -0.365. The number of anilines is 2. The maximum atomic E-state index is 13.0. The highest BCUT2D eigenvalue weighted by molar-refractivity contribution is 8.00. The van der Waals surface area contributed by atoms with Crippen LogP contribution in [-0.4, -0.2) is 38.4 Å². The Labute approximate surface area is 156 Å². The molecular formula is C18H21N5O2S. The van der Waals surface area contributed by atoms with Gasteiger partial charge in [-0.3, -0.25) is 14.5 Å². The Morgan fingerprint density at radius 3 is 2.85 bits per heavy atom. The molecule has 1 aliphatic heterocycles. The van der Waals surface area contributed by atoms with Crippen LogP contribution in [0.1, 0.15) is 38.4 Å². The SMILES string of the molecule is CCn1c(S[C@H](C)C(=O)N2CC(=O)Nc3ccccc32)nnc1C1CC1. The Bertz CT molecular complexity index is 861. The zero-order valence-electron chi connectivity index (χ0n) is 14.8. The number of aromatic nitrogens is 3. The molecule has 7 nitrogen and oxygen atoms in total. The van der Waals surface area contributed by atoms with E-state index in [9.17, 15) is 9.59 Å². The van der Waals surface area contributed by atoms with Gasteiger partial charge in [-0.1, -0.05) is 23.9 Å². The van der Waals surface area contributed by atoms with Gasteiger partial charge in [0.2, 0.25) is 11.8 Å². The molecule has 1 aliphatic carbocycles. The number of rotatable bonds is 5. The molecule has 1 N–H and O–H groups in total. The molecule has 8 heteroatoms. The Morgan fingerprint density at radius 1 is 1.35 bits per heavy atom. The van der Waals surface area contributed by atoms with Crippen LogP contribution in [0.3, 0.4) is 0 Å². The number of hydrogen-bond donors (Lipinski definition) is 1. The van der Waals surface area contributed by atoms with E-state index in [0.717, 1.165) is 36.1 Å². The average molecular weight is 371 g/mol. The first-order valence-corrected chi connectivity index (χ1v) is 9.76. The molecule has 2 aromatic rings. The molecule has 1 aromatic heterocycles. The third-order valence-electron chi connectivity index (χ3n) is 4.67. The summed E-state index contributed by atoms with van der Waals surface area (Å²) in [5.41, 5.74) is 1.40. The summed E-state index contributed by atoms with van der Waals surface area (Å²) in [5, 5.41) is 11.8. The predicted molar refractivity (Wildman–Crippen MR) is 100 cm³/mol. The lowest BCUT2D eigenvalue weighted by Gasteiger charge is -2.30. The molecule has 2 amide bonds. The van der Waals surface area contributed by atoms with Gasteiger partial charge in [0, 0.05) is 12.5 Å². The second-order valence-corrected chi connectivity index (χ2v) is 7.92. The van der Waals surface area contributed by atoms with Gasteiger partial charge in [0.25, 0.3) is 0 Å². The van der Waals surface area contributed by atoms with Crippen LogP contribution in [0.2, 0.25) is 0 Å². The number of para-hydroxylation sites is 2. The first-order valence-electron chi connectivity index (χ1n) is 8.88. The van der Waals surface area contributed by atoms with Crippen LogP contribution in [0.25, 0.3) is 0 Å². The summed E-state index contributed by atoms with van der Waals surface area (Å²) in [6, 6.07) is 7.36. The van der Waals surface area contributed by atoms with E-state index in [1.165, 1.54) is 11.8 Å². The minimum Gasteiger partial charge on any atom is -0.323 e. The number of carbonyl (C=O) groups excluding carboxylic acids is 2. The Hall–Kier alpha value is -2.35. The first-order chi connectivity index (χ1) is 12.6. The van der Waals surface area contributed by atoms with Crippen molar-refractivity contribution in [2.24, 2.45) is 0 Å². The topological polar surface area (TPSA) is 80.1 Å². The second kappa shape index (κ2) is 6.75. The van der Waals surface area contributed by atoms with E-state index in [4.69, 9.17) is 0 Å². The van der Waals surface area contributed by atoms with Crippen LogP contribution in [0.5, 0.6) is 0 Å². The summed E-state index contributed by atoms with van der Waals surface area (Å²) < 4.78 is 2.10. The molecule has 0 radical (unpaired) electrons. The molecule has 0 bridgehead atoms. The molecule has 1 aromatic carbocycles. The molecule has 1 atom stereocenters. The average Bonchev–Trinajstić information content (AvgIpc) is 3.41. The summed E-state index contributed by atoms with van der Waals surface area (Å²) >= 11 is 1.40. The normalized spacial score (nSPS) is 17.6. The van der Waals surface area contributed by atoms with E-state index in [1.807, 2.05) is 25.1 Å². The van der Waals surface area contributed by atoms with Gasteiger partial charge in [0.15, 0.2) is 5.16 Å². The maximum absolute atomic E-state index is 13.0. The molecular weight excluding hydrogens is 350 g/mol. The predicted octanol–water partition coefficient (Wildman–Crippen LogP) is 2.64. The zero-order chi connectivity index (χ0) is 18.3. The molecule has 0 saturated heterocycles. The van der Waals surface area contributed by atoms with Gasteiger partial charge >= 0.3 is 0 Å². The lowest BCUT2D eigenvalue weighted by molar-refractivity contribution is -0.121. The molecule has 0 unspecified atom stereocenters. The van der Waals surface area contributed by atoms with Gasteiger partial charge in [-0.15, -0.1) is 10.2 Å². The number of amides is 2. The van der Waals surface area contributed by atoms with Gasteiger partial charge in [-0.2, -0.15) is 0 Å². The number of fused-ring (bicyclic) bond motifs is 1. The molecule has 2 heterocycles. The van der Waals surface area contributed by atoms with Crippen molar-refractivity contribution in [1.29, 1.82) is 0 Å². The lowest BCUT2D eigenvalue weighted by Crippen LogP contribution is -2.45. The largest absolute Gasteiger partial charge is 0.323 e. The highest BCUT2D eigenvalue weighted by Gasteiger charge is 2.33. The van der Waals surface area contributed by atoms with Crippen molar-refractivity contribution in [2.75, 3.05) is 16.8 Å². The van der Waals surface area contributed by atoms with Crippen LogP contribution in [0.4, 0.5) is 11.4 Å². The Balaban J connectivity index is 1.55. The smallest absolute Gasteiger partial charge is 0.244 e. The number of nitrogens with one attached hydrogen (secondary N) is 1. The number of carbonyl (C=O) groups is 2. The molecule has 1 fully saturated rings. The molecule has 4 rings (SSSR count). The van der Waals surface area contributed by atoms with Gasteiger partial charge in [0.05, 0.1) is 16.6 Å². The summed E-state index contributed by atoms with van der Waals surface area (Å²) in [4.78, 5) is 26.6. The summed E-state index contributed by atoms with van der Waals surface area (Å²) in [6.45, 7) is 4.75. The van der Waals surface area contributed by atoms with Crippen LogP contribution >= 0.6 is 11.8 Å². The van der Waals surface area contributed by atoms with Gasteiger partial charge in [0.1, 0.15) is 12.4 Å². The first kappa shape index (κ1) is 17.1. The third kappa shape index (κ3) is 3.09. The van der Waals surface area contributed by atoms with E-state index in [0.29, 0.717) is 11.6 Å². The fourth-order valence-corrected chi connectivity index (χ4v) is 4.17. The fraction of sp³-hybridized carbons (Fsp3) is 0.444. The van der Waals surface area contributed by atoms with Crippen molar-refractivity contribution >= 4 is 35.0 Å². The van der Waals surface area contributed by atoms with Crippen LogP contribution in [0, 0.1) is 0 Å². The van der Waals surface area contributed by atoms with Gasteiger partial charge in [-0.05, 0) is 38.8 Å². The summed E-state index contributed by atoms with van der Waals surface area (Å²) in [5.74, 6) is 1.26. The van der Waals surface area contributed by atoms with Crippen molar-refractivity contribution in [3.63, 3.8) is 0 Å². The molecule has 136 valence electrons. The minimum absolute atomic E-state index is 0.0362. The van der Waals surface area contributed by atoms with E-state index < -0.39 is 0 Å². The standard InChI is InChI=1S/C18H21N5O2S/c1-3-22-16(12-8-9-12)20-21-18(22)26-11(2)17(25)23-10-15(24)19-13-6-4-5-7-14(13)23/h4-7,11-12H,3,8-10H2,1-2H3,(H,19,24)/t11-/m1/s1. The number of nitrogens with zero attached hydrogens (tertiary/aromatic N) is 4. The quantitative estimate of drug-likeness (QED) is 0.818. The maximum Gasteiger partial charge on any atom is 0.244 e. The summed E-state index contributed by atoms with van der Waals surface area (Å²) in [6.07, 6.45) is 2.33. The van der Waals surface area contributed by atoms with E-state index in [1.54, 1.807) is 11.0 Å². The molecule has 26 heavy (non-hydrogen) atoms. The monoisotopic (exact) mass is 371 g/mol. The number of benzene rings is 1. The third-order valence-corrected chi connectivity index (χ3v) is 5.74. The molecule has 2 aliphatic rings. The highest BCUT2D eigenvalue weighted by atomic mass is 32.2. The van der Waals surface area contributed by atoms with Crippen molar-refractivity contribution in [3.05, 3.63) is 30.1 Å². The Morgan fingerprint density at radius 2 is 2.12 bits per heavy atom.